The lowest BCUT2D eigenvalue weighted by atomic mass is 9.96. The van der Waals surface area contributed by atoms with Crippen LogP contribution in [0.5, 0.6) is 0 Å². The molecule has 0 aliphatic carbocycles. The van der Waals surface area contributed by atoms with E-state index in [9.17, 15) is 5.11 Å². The van der Waals surface area contributed by atoms with Crippen LogP contribution in [0.3, 0.4) is 0 Å². The number of aliphatic hydroxyl groups excluding tert-OH is 1. The minimum Gasteiger partial charge on any atom is -0.394 e. The highest BCUT2D eigenvalue weighted by atomic mass is 32.2. The molecule has 0 amide bonds. The molecular weight excluding hydrogens is 266 g/mol. The summed E-state index contributed by atoms with van der Waals surface area (Å²) in [6.07, 6.45) is 3.38. The van der Waals surface area contributed by atoms with Gasteiger partial charge in [-0.2, -0.15) is 0 Å². The van der Waals surface area contributed by atoms with Gasteiger partial charge in [0, 0.05) is 10.4 Å². The van der Waals surface area contributed by atoms with Gasteiger partial charge in [-0.25, -0.2) is 0 Å². The number of likely N-dealkylation sites (N-methyl/N-ethyl adjacent to an activating group) is 1. The largest absolute Gasteiger partial charge is 0.394 e. The molecule has 1 rings (SSSR count). The second-order valence-corrected chi connectivity index (χ2v) is 6.97. The van der Waals surface area contributed by atoms with Crippen LogP contribution in [0.4, 0.5) is 0 Å². The van der Waals surface area contributed by atoms with Gasteiger partial charge in [0.05, 0.1) is 6.61 Å². The maximum absolute atomic E-state index is 9.44. The fraction of sp³-hybridized carbons (Fsp3) is 0.647. The van der Waals surface area contributed by atoms with Crippen molar-refractivity contribution < 1.29 is 5.11 Å². The Balaban J connectivity index is 2.26. The molecule has 1 aromatic carbocycles. The summed E-state index contributed by atoms with van der Waals surface area (Å²) in [4.78, 5) is 1.37. The van der Waals surface area contributed by atoms with Crippen molar-refractivity contribution in [3.63, 3.8) is 0 Å². The van der Waals surface area contributed by atoms with Crippen molar-refractivity contribution in [3.05, 3.63) is 29.3 Å². The van der Waals surface area contributed by atoms with Gasteiger partial charge in [0.1, 0.15) is 0 Å². The third-order valence-electron chi connectivity index (χ3n) is 3.82. The quantitative estimate of drug-likeness (QED) is 0.535. The summed E-state index contributed by atoms with van der Waals surface area (Å²) in [5, 5.41) is 12.8. The number of thioether (sulfide) groups is 1. The van der Waals surface area contributed by atoms with Gasteiger partial charge in [-0.15, -0.1) is 11.8 Å². The molecule has 0 radical (unpaired) electrons. The van der Waals surface area contributed by atoms with E-state index in [4.69, 9.17) is 0 Å². The summed E-state index contributed by atoms with van der Waals surface area (Å²) in [7, 11) is 0. The highest BCUT2D eigenvalue weighted by Crippen LogP contribution is 2.23. The van der Waals surface area contributed by atoms with Crippen LogP contribution in [0, 0.1) is 13.8 Å². The minimum atomic E-state index is -0.111. The van der Waals surface area contributed by atoms with E-state index >= 15 is 0 Å². The summed E-state index contributed by atoms with van der Waals surface area (Å²) >= 11 is 1.93. The predicted molar refractivity (Wildman–Crippen MR) is 89.7 cm³/mol. The summed E-state index contributed by atoms with van der Waals surface area (Å²) in [6, 6.07) is 6.69. The van der Waals surface area contributed by atoms with E-state index in [-0.39, 0.29) is 12.1 Å². The lowest BCUT2D eigenvalue weighted by Gasteiger charge is -2.28. The van der Waals surface area contributed by atoms with Gasteiger partial charge in [0.25, 0.3) is 0 Å². The summed E-state index contributed by atoms with van der Waals surface area (Å²) in [5.41, 5.74) is 2.62. The van der Waals surface area contributed by atoms with Crippen LogP contribution in [-0.2, 0) is 0 Å². The predicted octanol–water partition coefficient (Wildman–Crippen LogP) is 3.93. The summed E-state index contributed by atoms with van der Waals surface area (Å²) < 4.78 is 0. The first-order valence-corrected chi connectivity index (χ1v) is 8.55. The fourth-order valence-corrected chi connectivity index (χ4v) is 3.27. The average molecular weight is 295 g/mol. The second-order valence-electron chi connectivity index (χ2n) is 5.80. The molecule has 0 heterocycles. The van der Waals surface area contributed by atoms with Gasteiger partial charge >= 0.3 is 0 Å². The number of aryl methyl sites for hydroxylation is 2. The fourth-order valence-electron chi connectivity index (χ4n) is 2.26. The molecule has 2 nitrogen and oxygen atoms in total. The molecule has 1 unspecified atom stereocenters. The first-order valence-electron chi connectivity index (χ1n) is 7.56. The molecule has 1 aromatic rings. The van der Waals surface area contributed by atoms with Crippen molar-refractivity contribution >= 4 is 11.8 Å². The molecule has 0 aliphatic rings. The van der Waals surface area contributed by atoms with Crippen LogP contribution in [-0.4, -0.2) is 29.5 Å². The maximum Gasteiger partial charge on any atom is 0.0610 e. The Morgan fingerprint density at radius 3 is 2.55 bits per heavy atom. The molecular formula is C17H29NOS. The van der Waals surface area contributed by atoms with Crippen molar-refractivity contribution in [3.8, 4) is 0 Å². The zero-order valence-corrected chi connectivity index (χ0v) is 14.1. The number of aliphatic hydroxyl groups is 1. The Bertz CT molecular complexity index is 408. The number of unbranched alkanes of at least 4 members (excludes halogenated alkanes) is 1. The highest BCUT2D eigenvalue weighted by molar-refractivity contribution is 7.99. The van der Waals surface area contributed by atoms with Crippen LogP contribution in [0.15, 0.2) is 23.1 Å². The van der Waals surface area contributed by atoms with E-state index in [0.717, 1.165) is 25.1 Å². The van der Waals surface area contributed by atoms with Crippen LogP contribution >= 0.6 is 11.8 Å². The SMILES string of the molecule is CCNC(C)(CO)CCCCSc1ccc(C)c(C)c1. The Kier molecular flexibility index (Phi) is 7.63. The van der Waals surface area contributed by atoms with E-state index in [2.05, 4.69) is 51.2 Å². The van der Waals surface area contributed by atoms with E-state index < -0.39 is 0 Å². The zero-order chi connectivity index (χ0) is 15.0. The third kappa shape index (κ3) is 5.86. The molecule has 0 aromatic heterocycles. The standard InChI is InChI=1S/C17H29NOS/c1-5-18-17(4,13-19)10-6-7-11-20-16-9-8-14(2)15(3)12-16/h8-9,12,18-19H,5-7,10-11,13H2,1-4H3. The lowest BCUT2D eigenvalue weighted by Crippen LogP contribution is -2.45. The normalized spacial score (nSPS) is 14.2. The smallest absolute Gasteiger partial charge is 0.0610 e. The maximum atomic E-state index is 9.44. The number of hydrogen-bond donors (Lipinski definition) is 2. The van der Waals surface area contributed by atoms with Crippen molar-refractivity contribution in [2.75, 3.05) is 18.9 Å². The van der Waals surface area contributed by atoms with Gasteiger partial charge in [-0.05, 0) is 69.2 Å². The second kappa shape index (κ2) is 8.71. The molecule has 0 bridgehead atoms. The molecule has 20 heavy (non-hydrogen) atoms. The number of hydrogen-bond acceptors (Lipinski definition) is 3. The lowest BCUT2D eigenvalue weighted by molar-refractivity contribution is 0.165. The van der Waals surface area contributed by atoms with E-state index in [1.165, 1.54) is 22.4 Å². The summed E-state index contributed by atoms with van der Waals surface area (Å²) in [6.45, 7) is 9.64. The van der Waals surface area contributed by atoms with Crippen molar-refractivity contribution in [1.29, 1.82) is 0 Å². The average Bonchev–Trinajstić information content (AvgIpc) is 2.42. The van der Waals surface area contributed by atoms with Gasteiger partial charge in [0.15, 0.2) is 0 Å². The van der Waals surface area contributed by atoms with Crippen LogP contribution in [0.2, 0.25) is 0 Å². The Morgan fingerprint density at radius 2 is 1.95 bits per heavy atom. The minimum absolute atomic E-state index is 0.111. The molecule has 0 saturated carbocycles. The third-order valence-corrected chi connectivity index (χ3v) is 4.90. The van der Waals surface area contributed by atoms with Gasteiger partial charge < -0.3 is 10.4 Å². The number of benzene rings is 1. The van der Waals surface area contributed by atoms with Gasteiger partial charge in [-0.1, -0.05) is 19.4 Å². The van der Waals surface area contributed by atoms with Crippen LogP contribution in [0.1, 0.15) is 44.2 Å². The monoisotopic (exact) mass is 295 g/mol. The molecule has 114 valence electrons. The van der Waals surface area contributed by atoms with Crippen LogP contribution < -0.4 is 5.32 Å². The number of nitrogens with one attached hydrogen (secondary N) is 1. The van der Waals surface area contributed by atoms with Gasteiger partial charge in [0.2, 0.25) is 0 Å². The Morgan fingerprint density at radius 1 is 1.20 bits per heavy atom. The van der Waals surface area contributed by atoms with Crippen molar-refractivity contribution in [1.82, 2.24) is 5.32 Å². The van der Waals surface area contributed by atoms with E-state index in [0.29, 0.717) is 0 Å². The molecule has 0 spiro atoms. The first kappa shape index (κ1) is 17.5. The zero-order valence-electron chi connectivity index (χ0n) is 13.3. The topological polar surface area (TPSA) is 32.3 Å². The molecule has 2 N–H and O–H groups in total. The molecule has 0 fully saturated rings. The molecule has 0 aliphatic heterocycles. The van der Waals surface area contributed by atoms with E-state index in [1.54, 1.807) is 0 Å². The van der Waals surface area contributed by atoms with E-state index in [1.807, 2.05) is 11.8 Å². The Labute approximate surface area is 128 Å². The summed E-state index contributed by atoms with van der Waals surface area (Å²) in [5.74, 6) is 1.15. The molecule has 3 heteroatoms. The first-order chi connectivity index (χ1) is 9.50. The molecule has 0 saturated heterocycles. The van der Waals surface area contributed by atoms with Crippen LogP contribution in [0.25, 0.3) is 0 Å². The highest BCUT2D eigenvalue weighted by Gasteiger charge is 2.20. The van der Waals surface area contributed by atoms with Gasteiger partial charge in [-0.3, -0.25) is 0 Å². The van der Waals surface area contributed by atoms with Crippen molar-refractivity contribution in [2.45, 2.75) is 57.4 Å². The molecule has 1 atom stereocenters. The van der Waals surface area contributed by atoms with Crippen molar-refractivity contribution in [2.24, 2.45) is 0 Å². The number of rotatable bonds is 9. The Hall–Kier alpha value is -0.510.